The van der Waals surface area contributed by atoms with E-state index in [1.54, 1.807) is 38.1 Å². The zero-order valence-corrected chi connectivity index (χ0v) is 11.9. The van der Waals surface area contributed by atoms with Crippen LogP contribution < -0.4 is 4.72 Å². The minimum Gasteiger partial charge on any atom is -0.465 e. The molecule has 5 nitrogen and oxygen atoms in total. The van der Waals surface area contributed by atoms with Crippen LogP contribution in [0.5, 0.6) is 0 Å². The number of rotatable bonds is 4. The monoisotopic (exact) mass is 290 g/mol. The Hall–Kier alpha value is -2.10. The van der Waals surface area contributed by atoms with Crippen LogP contribution in [0.1, 0.15) is 30.0 Å². The molecule has 2 rings (SSSR count). The summed E-state index contributed by atoms with van der Waals surface area (Å²) < 4.78 is 32.5. The average Bonchev–Trinajstić information content (AvgIpc) is 2.85. The largest absolute Gasteiger partial charge is 0.465 e. The van der Waals surface area contributed by atoms with Crippen molar-refractivity contribution in [2.45, 2.75) is 24.8 Å². The molecule has 20 heavy (non-hydrogen) atoms. The third-order valence-electron chi connectivity index (χ3n) is 2.82. The lowest BCUT2D eigenvalue weighted by Crippen LogP contribution is -2.27. The van der Waals surface area contributed by atoms with Gasteiger partial charge in [0.05, 0.1) is 16.5 Å². The van der Waals surface area contributed by atoms with Gasteiger partial charge in [-0.2, -0.15) is 5.26 Å². The topological polar surface area (TPSA) is 83.1 Å². The summed E-state index contributed by atoms with van der Waals surface area (Å²) in [5.74, 6) is 1.24. The van der Waals surface area contributed by atoms with Gasteiger partial charge in [-0.1, -0.05) is 12.1 Å². The maximum Gasteiger partial charge on any atom is 0.242 e. The van der Waals surface area contributed by atoms with Gasteiger partial charge in [-0.3, -0.25) is 0 Å². The highest BCUT2D eigenvalue weighted by Gasteiger charge is 2.22. The van der Waals surface area contributed by atoms with Gasteiger partial charge in [0.1, 0.15) is 17.6 Å². The van der Waals surface area contributed by atoms with Crippen LogP contribution in [-0.4, -0.2) is 8.42 Å². The van der Waals surface area contributed by atoms with Crippen molar-refractivity contribution in [2.24, 2.45) is 0 Å². The molecule has 0 aliphatic rings. The number of benzene rings is 1. The predicted octanol–water partition coefficient (Wildman–Crippen LogP) is 2.50. The van der Waals surface area contributed by atoms with Gasteiger partial charge in [-0.05, 0) is 38.1 Å². The zero-order chi connectivity index (χ0) is 14.8. The maximum atomic E-state index is 12.3. The summed E-state index contributed by atoms with van der Waals surface area (Å²) in [6.07, 6.45) is 0. The van der Waals surface area contributed by atoms with Crippen molar-refractivity contribution in [2.75, 3.05) is 0 Å². The number of nitrogens with zero attached hydrogens (tertiary/aromatic N) is 1. The van der Waals surface area contributed by atoms with Crippen molar-refractivity contribution in [1.29, 1.82) is 5.26 Å². The SMILES string of the molecule is Cc1ccc(C(C)NS(=O)(=O)c2ccccc2C#N)o1. The first-order chi connectivity index (χ1) is 9.44. The second-order valence-corrected chi connectivity index (χ2v) is 6.08. The summed E-state index contributed by atoms with van der Waals surface area (Å²) in [6.45, 7) is 3.47. The van der Waals surface area contributed by atoms with Crippen molar-refractivity contribution in [1.82, 2.24) is 4.72 Å². The fourth-order valence-electron chi connectivity index (χ4n) is 1.83. The first kappa shape index (κ1) is 14.3. The maximum absolute atomic E-state index is 12.3. The molecule has 1 aromatic heterocycles. The van der Waals surface area contributed by atoms with Gasteiger partial charge in [-0.15, -0.1) is 0 Å². The minimum absolute atomic E-state index is 0.0300. The van der Waals surface area contributed by atoms with Crippen LogP contribution in [0, 0.1) is 18.3 Å². The minimum atomic E-state index is -3.77. The second kappa shape index (κ2) is 5.49. The van der Waals surface area contributed by atoms with E-state index >= 15 is 0 Å². The number of nitriles is 1. The van der Waals surface area contributed by atoms with Gasteiger partial charge >= 0.3 is 0 Å². The van der Waals surface area contributed by atoms with E-state index in [4.69, 9.17) is 9.68 Å². The normalized spacial score (nSPS) is 12.8. The quantitative estimate of drug-likeness (QED) is 0.937. The molecule has 0 fully saturated rings. The standard InChI is InChI=1S/C14H14N2O3S/c1-10-7-8-13(19-10)11(2)16-20(17,18)14-6-4-3-5-12(14)9-15/h3-8,11,16H,1-2H3. The number of hydrogen-bond acceptors (Lipinski definition) is 4. The van der Waals surface area contributed by atoms with Crippen LogP contribution in [0.25, 0.3) is 0 Å². The van der Waals surface area contributed by atoms with Crippen molar-refractivity contribution >= 4 is 10.0 Å². The predicted molar refractivity (Wildman–Crippen MR) is 73.3 cm³/mol. The molecule has 1 N–H and O–H groups in total. The average molecular weight is 290 g/mol. The molecule has 6 heteroatoms. The Morgan fingerprint density at radius 1 is 1.25 bits per heavy atom. The number of nitrogens with one attached hydrogen (secondary N) is 1. The molecule has 0 spiro atoms. The van der Waals surface area contributed by atoms with Crippen molar-refractivity contribution in [3.63, 3.8) is 0 Å². The van der Waals surface area contributed by atoms with E-state index in [2.05, 4.69) is 4.72 Å². The molecule has 1 aromatic carbocycles. The molecule has 0 saturated carbocycles. The lowest BCUT2D eigenvalue weighted by Gasteiger charge is -2.12. The lowest BCUT2D eigenvalue weighted by atomic mass is 10.2. The van der Waals surface area contributed by atoms with E-state index in [9.17, 15) is 8.42 Å². The smallest absolute Gasteiger partial charge is 0.242 e. The molecule has 0 bridgehead atoms. The van der Waals surface area contributed by atoms with E-state index < -0.39 is 16.1 Å². The third-order valence-corrected chi connectivity index (χ3v) is 4.42. The summed E-state index contributed by atoms with van der Waals surface area (Å²) in [6, 6.07) is 10.9. The van der Waals surface area contributed by atoms with Crippen molar-refractivity contribution < 1.29 is 12.8 Å². The van der Waals surface area contributed by atoms with Crippen LogP contribution in [-0.2, 0) is 10.0 Å². The number of hydrogen-bond donors (Lipinski definition) is 1. The van der Waals surface area contributed by atoms with E-state index in [1.807, 2.05) is 6.07 Å². The summed E-state index contributed by atoms with van der Waals surface area (Å²) in [4.78, 5) is -0.0300. The second-order valence-electron chi connectivity index (χ2n) is 4.40. The summed E-state index contributed by atoms with van der Waals surface area (Å²) in [5.41, 5.74) is 0.114. The summed E-state index contributed by atoms with van der Waals surface area (Å²) in [5, 5.41) is 8.98. The number of aryl methyl sites for hydroxylation is 1. The van der Waals surface area contributed by atoms with Crippen LogP contribution in [0.4, 0.5) is 0 Å². The van der Waals surface area contributed by atoms with Crippen molar-refractivity contribution in [3.8, 4) is 6.07 Å². The first-order valence-electron chi connectivity index (χ1n) is 6.02. The third kappa shape index (κ3) is 2.90. The molecule has 0 aliphatic carbocycles. The molecular weight excluding hydrogens is 276 g/mol. The van der Waals surface area contributed by atoms with Gasteiger partial charge in [0, 0.05) is 0 Å². The number of furan rings is 1. The lowest BCUT2D eigenvalue weighted by molar-refractivity contribution is 0.441. The molecule has 1 atom stereocenters. The fourth-order valence-corrected chi connectivity index (χ4v) is 3.20. The van der Waals surface area contributed by atoms with Gasteiger partial charge < -0.3 is 4.42 Å². The Kier molecular flexibility index (Phi) is 3.93. The van der Waals surface area contributed by atoms with E-state index in [1.165, 1.54) is 12.1 Å². The van der Waals surface area contributed by atoms with E-state index in [-0.39, 0.29) is 10.5 Å². The van der Waals surface area contributed by atoms with Crippen LogP contribution in [0.3, 0.4) is 0 Å². The zero-order valence-electron chi connectivity index (χ0n) is 11.1. The van der Waals surface area contributed by atoms with Gasteiger partial charge in [-0.25, -0.2) is 13.1 Å². The molecule has 2 aromatic rings. The van der Waals surface area contributed by atoms with Crippen LogP contribution in [0.15, 0.2) is 45.7 Å². The molecule has 0 radical (unpaired) electrons. The highest BCUT2D eigenvalue weighted by atomic mass is 32.2. The molecule has 1 heterocycles. The van der Waals surface area contributed by atoms with E-state index in [0.717, 1.165) is 0 Å². The Bertz CT molecular complexity index is 757. The van der Waals surface area contributed by atoms with Crippen LogP contribution in [0.2, 0.25) is 0 Å². The number of sulfonamides is 1. The summed E-state index contributed by atoms with van der Waals surface area (Å²) >= 11 is 0. The molecular formula is C14H14N2O3S. The highest BCUT2D eigenvalue weighted by Crippen LogP contribution is 2.20. The molecule has 1 unspecified atom stereocenters. The van der Waals surface area contributed by atoms with Crippen molar-refractivity contribution in [3.05, 3.63) is 53.5 Å². The van der Waals surface area contributed by atoms with Gasteiger partial charge in [0.25, 0.3) is 0 Å². The Labute approximate surface area is 117 Å². The molecule has 0 amide bonds. The molecule has 104 valence electrons. The molecule has 0 saturated heterocycles. The fraction of sp³-hybridized carbons (Fsp3) is 0.214. The Morgan fingerprint density at radius 2 is 1.95 bits per heavy atom. The highest BCUT2D eigenvalue weighted by molar-refractivity contribution is 7.89. The van der Waals surface area contributed by atoms with Crippen LogP contribution >= 0.6 is 0 Å². The van der Waals surface area contributed by atoms with Gasteiger partial charge in [0.15, 0.2) is 0 Å². The van der Waals surface area contributed by atoms with Gasteiger partial charge in [0.2, 0.25) is 10.0 Å². The molecule has 0 aliphatic heterocycles. The van der Waals surface area contributed by atoms with E-state index in [0.29, 0.717) is 11.5 Å². The first-order valence-corrected chi connectivity index (χ1v) is 7.50. The Morgan fingerprint density at radius 3 is 2.55 bits per heavy atom. The Balaban J connectivity index is 2.30. The summed E-state index contributed by atoms with van der Waals surface area (Å²) in [7, 11) is -3.77.